The predicted octanol–water partition coefficient (Wildman–Crippen LogP) is 0.986. The average molecular weight is 205 g/mol. The summed E-state index contributed by atoms with van der Waals surface area (Å²) in [5.74, 6) is 0.877. The number of hydrogen-bond donors (Lipinski definition) is 2. The Balaban J connectivity index is 2.12. The summed E-state index contributed by atoms with van der Waals surface area (Å²) in [5, 5.41) is 3.25. The molecule has 0 unspecified atom stereocenters. The van der Waals surface area contributed by atoms with E-state index in [0.717, 1.165) is 23.6 Å². The third-order valence-electron chi connectivity index (χ3n) is 2.29. The number of para-hydroxylation sites is 1. The van der Waals surface area contributed by atoms with Crippen LogP contribution in [0.25, 0.3) is 0 Å². The quantitative estimate of drug-likeness (QED) is 0.756. The van der Waals surface area contributed by atoms with E-state index in [0.29, 0.717) is 19.8 Å². The van der Waals surface area contributed by atoms with E-state index < -0.39 is 0 Å². The molecule has 0 radical (unpaired) electrons. The molecule has 2 rings (SSSR count). The molecule has 15 heavy (non-hydrogen) atoms. The van der Waals surface area contributed by atoms with Crippen LogP contribution >= 0.6 is 0 Å². The maximum absolute atomic E-state index is 5.64. The molecule has 0 fully saturated rings. The van der Waals surface area contributed by atoms with Gasteiger partial charge in [0, 0.05) is 12.2 Å². The summed E-state index contributed by atoms with van der Waals surface area (Å²) >= 11 is 0. The second-order valence-corrected chi connectivity index (χ2v) is 3.37. The van der Waals surface area contributed by atoms with Crippen molar-refractivity contribution < 1.29 is 4.74 Å². The van der Waals surface area contributed by atoms with Gasteiger partial charge in [0.1, 0.15) is 12.4 Å². The Morgan fingerprint density at radius 2 is 2.27 bits per heavy atom. The van der Waals surface area contributed by atoms with Crippen molar-refractivity contribution in [3.8, 4) is 0 Å². The molecule has 0 aliphatic carbocycles. The SMILES string of the molecule is NCc1ccccc1NC1=NCCOC1. The first kappa shape index (κ1) is 10.1. The first-order chi connectivity index (χ1) is 7.40. The highest BCUT2D eigenvalue weighted by Crippen LogP contribution is 2.14. The fourth-order valence-electron chi connectivity index (χ4n) is 1.51. The minimum atomic E-state index is 0.525. The lowest BCUT2D eigenvalue weighted by molar-refractivity contribution is 0.171. The average Bonchev–Trinajstić information content (AvgIpc) is 2.31. The molecule has 0 aromatic heterocycles. The maximum Gasteiger partial charge on any atom is 0.127 e. The van der Waals surface area contributed by atoms with Crippen LogP contribution in [0.3, 0.4) is 0 Å². The standard InChI is InChI=1S/C11H15N3O/c12-7-9-3-1-2-4-10(9)14-11-8-15-6-5-13-11/h1-4H,5-8,12H2,(H,13,14). The summed E-state index contributed by atoms with van der Waals surface area (Å²) < 4.78 is 5.30. The number of anilines is 1. The third-order valence-corrected chi connectivity index (χ3v) is 2.29. The van der Waals surface area contributed by atoms with Gasteiger partial charge in [-0.2, -0.15) is 0 Å². The van der Waals surface area contributed by atoms with Gasteiger partial charge in [-0.05, 0) is 11.6 Å². The minimum absolute atomic E-state index is 0.525. The predicted molar refractivity (Wildman–Crippen MR) is 61.1 cm³/mol. The molecular weight excluding hydrogens is 190 g/mol. The lowest BCUT2D eigenvalue weighted by atomic mass is 10.2. The van der Waals surface area contributed by atoms with Gasteiger partial charge in [-0.15, -0.1) is 0 Å². The summed E-state index contributed by atoms with van der Waals surface area (Å²) in [7, 11) is 0. The van der Waals surface area contributed by atoms with E-state index in [4.69, 9.17) is 10.5 Å². The van der Waals surface area contributed by atoms with Crippen LogP contribution in [0, 0.1) is 0 Å². The molecule has 0 saturated carbocycles. The fourth-order valence-corrected chi connectivity index (χ4v) is 1.51. The van der Waals surface area contributed by atoms with E-state index in [1.54, 1.807) is 0 Å². The van der Waals surface area contributed by atoms with Crippen molar-refractivity contribution in [1.29, 1.82) is 0 Å². The monoisotopic (exact) mass is 205 g/mol. The van der Waals surface area contributed by atoms with Gasteiger partial charge in [-0.1, -0.05) is 18.2 Å². The molecule has 0 atom stereocenters. The zero-order chi connectivity index (χ0) is 10.5. The van der Waals surface area contributed by atoms with E-state index in [2.05, 4.69) is 10.3 Å². The number of nitrogens with two attached hydrogens (primary N) is 1. The Bertz CT molecular complexity index is 363. The van der Waals surface area contributed by atoms with Crippen LogP contribution in [-0.2, 0) is 11.3 Å². The molecule has 3 N–H and O–H groups in total. The molecule has 0 bridgehead atoms. The van der Waals surface area contributed by atoms with Crippen molar-refractivity contribution in [3.05, 3.63) is 29.8 Å². The first-order valence-corrected chi connectivity index (χ1v) is 5.06. The van der Waals surface area contributed by atoms with Crippen LogP contribution < -0.4 is 11.1 Å². The maximum atomic E-state index is 5.64. The summed E-state index contributed by atoms with van der Waals surface area (Å²) in [6.07, 6.45) is 0. The van der Waals surface area contributed by atoms with E-state index in [1.165, 1.54) is 0 Å². The molecule has 0 saturated heterocycles. The molecule has 1 aliphatic rings. The van der Waals surface area contributed by atoms with Crippen molar-refractivity contribution >= 4 is 11.5 Å². The molecule has 1 heterocycles. The highest BCUT2D eigenvalue weighted by atomic mass is 16.5. The van der Waals surface area contributed by atoms with E-state index in [-0.39, 0.29) is 0 Å². The Labute approximate surface area is 89.1 Å². The molecule has 0 spiro atoms. The lowest BCUT2D eigenvalue weighted by Crippen LogP contribution is -2.25. The molecule has 4 nitrogen and oxygen atoms in total. The Morgan fingerprint density at radius 3 is 3.00 bits per heavy atom. The molecule has 1 aromatic rings. The van der Waals surface area contributed by atoms with Gasteiger partial charge in [0.05, 0.1) is 13.2 Å². The molecule has 1 aromatic carbocycles. The number of ether oxygens (including phenoxy) is 1. The molecule has 80 valence electrons. The minimum Gasteiger partial charge on any atom is -0.372 e. The molecule has 0 amide bonds. The molecular formula is C11H15N3O. The highest BCUT2D eigenvalue weighted by Gasteiger charge is 2.07. The van der Waals surface area contributed by atoms with Crippen molar-refractivity contribution in [1.82, 2.24) is 0 Å². The van der Waals surface area contributed by atoms with Gasteiger partial charge >= 0.3 is 0 Å². The Morgan fingerprint density at radius 1 is 1.40 bits per heavy atom. The number of nitrogens with zero attached hydrogens (tertiary/aromatic N) is 1. The summed E-state index contributed by atoms with van der Waals surface area (Å²) in [6.45, 7) is 2.52. The van der Waals surface area contributed by atoms with Crippen molar-refractivity contribution in [2.75, 3.05) is 25.1 Å². The summed E-state index contributed by atoms with van der Waals surface area (Å²) in [4.78, 5) is 4.34. The number of benzene rings is 1. The second kappa shape index (κ2) is 4.91. The molecule has 1 aliphatic heterocycles. The van der Waals surface area contributed by atoms with Crippen molar-refractivity contribution in [2.45, 2.75) is 6.54 Å². The van der Waals surface area contributed by atoms with Gasteiger partial charge in [-0.3, -0.25) is 4.99 Å². The van der Waals surface area contributed by atoms with Crippen molar-refractivity contribution in [3.63, 3.8) is 0 Å². The van der Waals surface area contributed by atoms with Gasteiger partial charge in [0.25, 0.3) is 0 Å². The summed E-state index contributed by atoms with van der Waals surface area (Å²) in [5.41, 5.74) is 7.75. The largest absolute Gasteiger partial charge is 0.372 e. The van der Waals surface area contributed by atoms with E-state index in [1.807, 2.05) is 24.3 Å². The highest BCUT2D eigenvalue weighted by molar-refractivity contribution is 5.97. The van der Waals surface area contributed by atoms with Gasteiger partial charge < -0.3 is 15.8 Å². The third kappa shape index (κ3) is 2.55. The van der Waals surface area contributed by atoms with E-state index in [9.17, 15) is 0 Å². The summed E-state index contributed by atoms with van der Waals surface area (Å²) in [6, 6.07) is 7.96. The smallest absolute Gasteiger partial charge is 0.127 e. The number of hydrogen-bond acceptors (Lipinski definition) is 4. The second-order valence-electron chi connectivity index (χ2n) is 3.37. The fraction of sp³-hybridized carbons (Fsp3) is 0.364. The van der Waals surface area contributed by atoms with Crippen LogP contribution in [0.4, 0.5) is 5.69 Å². The van der Waals surface area contributed by atoms with Gasteiger partial charge in [-0.25, -0.2) is 0 Å². The zero-order valence-corrected chi connectivity index (χ0v) is 8.57. The van der Waals surface area contributed by atoms with Crippen LogP contribution in [0.1, 0.15) is 5.56 Å². The number of amidine groups is 1. The van der Waals surface area contributed by atoms with Gasteiger partial charge in [0.2, 0.25) is 0 Å². The van der Waals surface area contributed by atoms with Gasteiger partial charge in [0.15, 0.2) is 0 Å². The first-order valence-electron chi connectivity index (χ1n) is 5.06. The Hall–Kier alpha value is -1.39. The van der Waals surface area contributed by atoms with E-state index >= 15 is 0 Å². The Kier molecular flexibility index (Phi) is 3.32. The topological polar surface area (TPSA) is 59.6 Å². The lowest BCUT2D eigenvalue weighted by Gasteiger charge is -2.16. The number of aliphatic imine (C=N–C) groups is 1. The number of nitrogens with one attached hydrogen (secondary N) is 1. The van der Waals surface area contributed by atoms with Crippen LogP contribution in [0.2, 0.25) is 0 Å². The van der Waals surface area contributed by atoms with Crippen LogP contribution in [0.5, 0.6) is 0 Å². The zero-order valence-electron chi connectivity index (χ0n) is 8.57. The van der Waals surface area contributed by atoms with Crippen molar-refractivity contribution in [2.24, 2.45) is 10.7 Å². The van der Waals surface area contributed by atoms with Crippen LogP contribution in [0.15, 0.2) is 29.3 Å². The van der Waals surface area contributed by atoms with Crippen LogP contribution in [-0.4, -0.2) is 25.6 Å². The number of rotatable bonds is 2. The normalized spacial score (nSPS) is 15.9. The molecule has 4 heteroatoms.